The van der Waals surface area contributed by atoms with Crippen molar-refractivity contribution in [1.82, 2.24) is 10.6 Å². The minimum absolute atomic E-state index is 0. The molecule has 1 fully saturated rings. The third-order valence-electron chi connectivity index (χ3n) is 3.39. The van der Waals surface area contributed by atoms with E-state index in [1.165, 1.54) is 0 Å². The number of halogens is 1. The van der Waals surface area contributed by atoms with Crippen LogP contribution in [-0.4, -0.2) is 43.7 Å². The monoisotopic (exact) mass is 327 g/mol. The van der Waals surface area contributed by atoms with E-state index in [-0.39, 0.29) is 30.8 Å². The highest BCUT2D eigenvalue weighted by Crippen LogP contribution is 2.04. The molecule has 1 aliphatic heterocycles. The number of carbonyl (C=O) groups is 2. The molecule has 2 amide bonds. The van der Waals surface area contributed by atoms with Crippen LogP contribution in [0, 0.1) is 0 Å². The molecular formula is C15H22ClN3O3. The second-order valence-corrected chi connectivity index (χ2v) is 5.14. The zero-order valence-electron chi connectivity index (χ0n) is 12.3. The molecule has 7 heteroatoms. The van der Waals surface area contributed by atoms with E-state index in [2.05, 4.69) is 10.6 Å². The van der Waals surface area contributed by atoms with Gasteiger partial charge in [0.05, 0.1) is 13.2 Å². The molecule has 0 bridgehead atoms. The van der Waals surface area contributed by atoms with E-state index in [4.69, 9.17) is 10.5 Å². The molecule has 0 saturated carbocycles. The third-order valence-corrected chi connectivity index (χ3v) is 3.39. The normalized spacial score (nSPS) is 18.8. The van der Waals surface area contributed by atoms with Gasteiger partial charge in [0, 0.05) is 25.4 Å². The van der Waals surface area contributed by atoms with Crippen LogP contribution in [0.4, 0.5) is 0 Å². The molecule has 0 radical (unpaired) electrons. The summed E-state index contributed by atoms with van der Waals surface area (Å²) in [6, 6.07) is 8.78. The van der Waals surface area contributed by atoms with Crippen molar-refractivity contribution in [2.24, 2.45) is 5.73 Å². The lowest BCUT2D eigenvalue weighted by Gasteiger charge is -2.24. The fraction of sp³-hybridized carbons (Fsp3) is 0.467. The molecular weight excluding hydrogens is 306 g/mol. The Morgan fingerprint density at radius 1 is 1.36 bits per heavy atom. The van der Waals surface area contributed by atoms with E-state index >= 15 is 0 Å². The summed E-state index contributed by atoms with van der Waals surface area (Å²) in [5.74, 6) is -0.724. The van der Waals surface area contributed by atoms with E-state index in [0.717, 1.165) is 12.1 Å². The van der Waals surface area contributed by atoms with Gasteiger partial charge in [-0.2, -0.15) is 0 Å². The van der Waals surface area contributed by atoms with Crippen LogP contribution >= 0.6 is 12.4 Å². The lowest BCUT2D eigenvalue weighted by molar-refractivity contribution is -0.128. The smallest absolute Gasteiger partial charge is 0.240 e. The number of hydrogen-bond acceptors (Lipinski definition) is 4. The minimum Gasteiger partial charge on any atom is -0.378 e. The van der Waals surface area contributed by atoms with Gasteiger partial charge < -0.3 is 21.1 Å². The third kappa shape index (κ3) is 6.01. The maximum absolute atomic E-state index is 12.0. The number of hydrogen-bond donors (Lipinski definition) is 3. The van der Waals surface area contributed by atoms with Crippen LogP contribution in [0.1, 0.15) is 12.0 Å². The van der Waals surface area contributed by atoms with Crippen LogP contribution in [0.5, 0.6) is 0 Å². The maximum Gasteiger partial charge on any atom is 0.240 e. The van der Waals surface area contributed by atoms with Crippen molar-refractivity contribution in [1.29, 1.82) is 0 Å². The largest absolute Gasteiger partial charge is 0.378 e. The molecule has 1 aliphatic rings. The molecule has 6 nitrogen and oxygen atoms in total. The Hall–Kier alpha value is -1.63. The molecule has 122 valence electrons. The second-order valence-electron chi connectivity index (χ2n) is 5.14. The van der Waals surface area contributed by atoms with Gasteiger partial charge in [-0.15, -0.1) is 12.4 Å². The summed E-state index contributed by atoms with van der Waals surface area (Å²) in [4.78, 5) is 23.5. The highest BCUT2D eigenvalue weighted by atomic mass is 35.5. The summed E-state index contributed by atoms with van der Waals surface area (Å²) >= 11 is 0. The molecule has 1 aromatic carbocycles. The maximum atomic E-state index is 12.0. The summed E-state index contributed by atoms with van der Waals surface area (Å²) < 4.78 is 5.30. The molecule has 2 unspecified atom stereocenters. The molecule has 1 heterocycles. The summed E-state index contributed by atoms with van der Waals surface area (Å²) in [5.41, 5.74) is 6.33. The van der Waals surface area contributed by atoms with Crippen LogP contribution in [0.25, 0.3) is 0 Å². The highest BCUT2D eigenvalue weighted by molar-refractivity contribution is 5.87. The first-order chi connectivity index (χ1) is 10.1. The second kappa shape index (κ2) is 9.40. The predicted octanol–water partition coefficient (Wildman–Crippen LogP) is -0.000500. The molecule has 1 aromatic rings. The SMILES string of the molecule is Cl.NC(=O)C(Cc1ccccc1)NC(=O)CC1COCCN1. The minimum atomic E-state index is -0.690. The fourth-order valence-electron chi connectivity index (χ4n) is 2.30. The van der Waals surface area contributed by atoms with Crippen LogP contribution in [-0.2, 0) is 20.7 Å². The Labute approximate surface area is 136 Å². The lowest BCUT2D eigenvalue weighted by atomic mass is 10.0. The first kappa shape index (κ1) is 18.4. The van der Waals surface area contributed by atoms with Gasteiger partial charge in [-0.3, -0.25) is 9.59 Å². The van der Waals surface area contributed by atoms with Crippen molar-refractivity contribution in [3.63, 3.8) is 0 Å². The number of ether oxygens (including phenoxy) is 1. The number of benzene rings is 1. The van der Waals surface area contributed by atoms with Gasteiger partial charge in [-0.25, -0.2) is 0 Å². The quantitative estimate of drug-likeness (QED) is 0.685. The van der Waals surface area contributed by atoms with Crippen LogP contribution < -0.4 is 16.4 Å². The highest BCUT2D eigenvalue weighted by Gasteiger charge is 2.22. The molecule has 0 spiro atoms. The lowest BCUT2D eigenvalue weighted by Crippen LogP contribution is -2.49. The topological polar surface area (TPSA) is 93.5 Å². The zero-order chi connectivity index (χ0) is 15.1. The van der Waals surface area contributed by atoms with E-state index in [1.807, 2.05) is 30.3 Å². The van der Waals surface area contributed by atoms with Gasteiger partial charge in [0.15, 0.2) is 0 Å². The number of rotatable bonds is 6. The average Bonchev–Trinajstić information content (AvgIpc) is 2.48. The van der Waals surface area contributed by atoms with Crippen LogP contribution in [0.2, 0.25) is 0 Å². The summed E-state index contributed by atoms with van der Waals surface area (Å²) in [5, 5.41) is 5.90. The Bertz CT molecular complexity index is 478. The fourth-order valence-corrected chi connectivity index (χ4v) is 2.30. The van der Waals surface area contributed by atoms with Gasteiger partial charge in [0.1, 0.15) is 6.04 Å². The number of primary amides is 1. The first-order valence-electron chi connectivity index (χ1n) is 7.09. The van der Waals surface area contributed by atoms with Gasteiger partial charge in [0.2, 0.25) is 11.8 Å². The number of morpholine rings is 1. The van der Waals surface area contributed by atoms with Crippen molar-refractivity contribution in [3.05, 3.63) is 35.9 Å². The van der Waals surface area contributed by atoms with Crippen LogP contribution in [0.3, 0.4) is 0 Å². The Morgan fingerprint density at radius 3 is 2.68 bits per heavy atom. The Balaban J connectivity index is 0.00000242. The summed E-state index contributed by atoms with van der Waals surface area (Å²) in [6.45, 7) is 1.91. The van der Waals surface area contributed by atoms with Gasteiger partial charge in [-0.1, -0.05) is 30.3 Å². The van der Waals surface area contributed by atoms with Gasteiger partial charge in [-0.05, 0) is 5.56 Å². The summed E-state index contributed by atoms with van der Waals surface area (Å²) in [7, 11) is 0. The average molecular weight is 328 g/mol. The molecule has 4 N–H and O–H groups in total. The predicted molar refractivity (Wildman–Crippen MR) is 85.7 cm³/mol. The molecule has 1 saturated heterocycles. The van der Waals surface area contributed by atoms with Crippen LogP contribution in [0.15, 0.2) is 30.3 Å². The van der Waals surface area contributed by atoms with Crippen molar-refractivity contribution in [3.8, 4) is 0 Å². The van der Waals surface area contributed by atoms with E-state index in [1.54, 1.807) is 0 Å². The number of nitrogens with one attached hydrogen (secondary N) is 2. The molecule has 2 atom stereocenters. The van der Waals surface area contributed by atoms with Crippen molar-refractivity contribution < 1.29 is 14.3 Å². The molecule has 0 aliphatic carbocycles. The van der Waals surface area contributed by atoms with E-state index in [0.29, 0.717) is 19.6 Å². The van der Waals surface area contributed by atoms with Crippen molar-refractivity contribution >= 4 is 24.2 Å². The molecule has 2 rings (SSSR count). The number of amides is 2. The molecule has 0 aromatic heterocycles. The number of nitrogens with two attached hydrogens (primary N) is 1. The van der Waals surface area contributed by atoms with Crippen molar-refractivity contribution in [2.45, 2.75) is 24.9 Å². The number of carbonyl (C=O) groups excluding carboxylic acids is 2. The standard InChI is InChI=1S/C15H21N3O3.ClH/c16-15(20)13(8-11-4-2-1-3-5-11)18-14(19)9-12-10-21-7-6-17-12;/h1-5,12-13,17H,6-10H2,(H2,16,20)(H,18,19);1H. The van der Waals surface area contributed by atoms with Gasteiger partial charge in [0.25, 0.3) is 0 Å². The van der Waals surface area contributed by atoms with Crippen molar-refractivity contribution in [2.75, 3.05) is 19.8 Å². The molecule has 22 heavy (non-hydrogen) atoms. The van der Waals surface area contributed by atoms with E-state index < -0.39 is 11.9 Å². The zero-order valence-corrected chi connectivity index (χ0v) is 13.1. The first-order valence-corrected chi connectivity index (χ1v) is 7.09. The Morgan fingerprint density at radius 2 is 2.09 bits per heavy atom. The Kier molecular flexibility index (Phi) is 7.87. The summed E-state index contributed by atoms with van der Waals surface area (Å²) in [6.07, 6.45) is 0.676. The van der Waals surface area contributed by atoms with E-state index in [9.17, 15) is 9.59 Å². The van der Waals surface area contributed by atoms with Gasteiger partial charge >= 0.3 is 0 Å².